The van der Waals surface area contributed by atoms with Gasteiger partial charge in [0.15, 0.2) is 0 Å². The molecule has 1 aliphatic rings. The highest BCUT2D eigenvalue weighted by molar-refractivity contribution is 5.31. The zero-order valence-corrected chi connectivity index (χ0v) is 11.1. The van der Waals surface area contributed by atoms with Crippen molar-refractivity contribution in [2.24, 2.45) is 5.73 Å². The van der Waals surface area contributed by atoms with Crippen LogP contribution in [0.3, 0.4) is 0 Å². The SMILES string of the molecule is CCC(N)C(c1cccc(OC)c1)N1CCCO1. The second-order valence-corrected chi connectivity index (χ2v) is 4.62. The molecule has 0 bridgehead atoms. The fourth-order valence-corrected chi connectivity index (χ4v) is 2.36. The maximum Gasteiger partial charge on any atom is 0.119 e. The maximum atomic E-state index is 6.26. The summed E-state index contributed by atoms with van der Waals surface area (Å²) in [5.74, 6) is 0.861. The topological polar surface area (TPSA) is 47.7 Å². The molecule has 1 aromatic rings. The highest BCUT2D eigenvalue weighted by Crippen LogP contribution is 2.30. The Morgan fingerprint density at radius 2 is 2.33 bits per heavy atom. The molecule has 0 amide bonds. The van der Waals surface area contributed by atoms with E-state index in [0.717, 1.165) is 37.3 Å². The van der Waals surface area contributed by atoms with Crippen molar-refractivity contribution in [3.63, 3.8) is 0 Å². The van der Waals surface area contributed by atoms with Crippen molar-refractivity contribution in [1.29, 1.82) is 0 Å². The van der Waals surface area contributed by atoms with Crippen LogP contribution in [0.4, 0.5) is 0 Å². The van der Waals surface area contributed by atoms with Crippen LogP contribution < -0.4 is 10.5 Å². The molecule has 4 heteroatoms. The molecule has 0 aliphatic carbocycles. The van der Waals surface area contributed by atoms with Gasteiger partial charge < -0.3 is 10.5 Å². The van der Waals surface area contributed by atoms with Crippen molar-refractivity contribution in [3.05, 3.63) is 29.8 Å². The average Bonchev–Trinajstić information content (AvgIpc) is 2.93. The van der Waals surface area contributed by atoms with Crippen LogP contribution in [0.1, 0.15) is 31.4 Å². The molecule has 2 atom stereocenters. The Morgan fingerprint density at radius 3 is 2.94 bits per heavy atom. The van der Waals surface area contributed by atoms with Crippen molar-refractivity contribution in [1.82, 2.24) is 5.06 Å². The van der Waals surface area contributed by atoms with E-state index in [-0.39, 0.29) is 12.1 Å². The summed E-state index contributed by atoms with van der Waals surface area (Å²) < 4.78 is 5.28. The summed E-state index contributed by atoms with van der Waals surface area (Å²) in [6.45, 7) is 3.83. The zero-order valence-electron chi connectivity index (χ0n) is 11.1. The summed E-state index contributed by atoms with van der Waals surface area (Å²) in [6, 6.07) is 8.25. The van der Waals surface area contributed by atoms with Crippen molar-refractivity contribution in [2.75, 3.05) is 20.3 Å². The summed E-state index contributed by atoms with van der Waals surface area (Å²) in [4.78, 5) is 5.68. The highest BCUT2D eigenvalue weighted by atomic mass is 16.7. The lowest BCUT2D eigenvalue weighted by molar-refractivity contribution is -0.148. The van der Waals surface area contributed by atoms with Crippen molar-refractivity contribution in [3.8, 4) is 5.75 Å². The zero-order chi connectivity index (χ0) is 13.0. The van der Waals surface area contributed by atoms with Crippen molar-refractivity contribution < 1.29 is 9.57 Å². The molecule has 1 saturated heterocycles. The molecule has 18 heavy (non-hydrogen) atoms. The third-order valence-electron chi connectivity index (χ3n) is 3.40. The number of hydroxylamine groups is 2. The van der Waals surface area contributed by atoms with Gasteiger partial charge >= 0.3 is 0 Å². The number of nitrogens with zero attached hydrogens (tertiary/aromatic N) is 1. The summed E-state index contributed by atoms with van der Waals surface area (Å²) in [5, 5.41) is 2.02. The van der Waals surface area contributed by atoms with Crippen LogP contribution in [-0.4, -0.2) is 31.4 Å². The standard InChI is InChI=1S/C14H22N2O2/c1-3-13(15)14(16-8-5-9-18-16)11-6-4-7-12(10-11)17-2/h4,6-7,10,13-14H,3,5,8-9,15H2,1-2H3. The first-order chi connectivity index (χ1) is 8.76. The van der Waals surface area contributed by atoms with Crippen molar-refractivity contribution >= 4 is 0 Å². The van der Waals surface area contributed by atoms with Gasteiger partial charge in [0.05, 0.1) is 19.8 Å². The molecular formula is C14H22N2O2. The maximum absolute atomic E-state index is 6.26. The van der Waals surface area contributed by atoms with Crippen molar-refractivity contribution in [2.45, 2.75) is 31.8 Å². The van der Waals surface area contributed by atoms with E-state index in [1.807, 2.05) is 23.3 Å². The van der Waals surface area contributed by atoms with E-state index in [9.17, 15) is 0 Å². The predicted molar refractivity (Wildman–Crippen MR) is 71.3 cm³/mol. The Kier molecular flexibility index (Phi) is 4.58. The minimum absolute atomic E-state index is 0.0650. The van der Waals surface area contributed by atoms with Crippen LogP contribution in [0, 0.1) is 0 Å². The minimum Gasteiger partial charge on any atom is -0.497 e. The second kappa shape index (κ2) is 6.18. The van der Waals surface area contributed by atoms with Gasteiger partial charge in [0.2, 0.25) is 0 Å². The quantitative estimate of drug-likeness (QED) is 0.869. The summed E-state index contributed by atoms with van der Waals surface area (Å²) >= 11 is 0. The first-order valence-corrected chi connectivity index (χ1v) is 6.55. The highest BCUT2D eigenvalue weighted by Gasteiger charge is 2.29. The number of benzene rings is 1. The molecule has 0 spiro atoms. The molecule has 1 fully saturated rings. The number of ether oxygens (including phenoxy) is 1. The normalized spacial score (nSPS) is 19.7. The summed E-state index contributed by atoms with van der Waals surface area (Å²) in [6.07, 6.45) is 1.98. The first-order valence-electron chi connectivity index (χ1n) is 6.55. The lowest BCUT2D eigenvalue weighted by Gasteiger charge is -2.31. The number of rotatable bonds is 5. The molecule has 0 saturated carbocycles. The third kappa shape index (κ3) is 2.83. The van der Waals surface area contributed by atoms with Gasteiger partial charge in [0.25, 0.3) is 0 Å². The molecule has 1 aliphatic heterocycles. The van der Waals surface area contributed by atoms with Gasteiger partial charge in [-0.3, -0.25) is 4.84 Å². The first kappa shape index (κ1) is 13.3. The van der Waals surface area contributed by atoms with Crippen LogP contribution >= 0.6 is 0 Å². The lowest BCUT2D eigenvalue weighted by Crippen LogP contribution is -2.38. The molecule has 1 heterocycles. The van der Waals surface area contributed by atoms with E-state index in [4.69, 9.17) is 15.3 Å². The van der Waals surface area contributed by atoms with Gasteiger partial charge in [-0.15, -0.1) is 0 Å². The number of methoxy groups -OCH3 is 1. The second-order valence-electron chi connectivity index (χ2n) is 4.62. The van der Waals surface area contributed by atoms with Gasteiger partial charge in [0.1, 0.15) is 5.75 Å². The molecule has 2 N–H and O–H groups in total. The largest absolute Gasteiger partial charge is 0.497 e. The number of hydrogen-bond acceptors (Lipinski definition) is 4. The van der Waals surface area contributed by atoms with Gasteiger partial charge in [-0.25, -0.2) is 0 Å². The van der Waals surface area contributed by atoms with Crippen LogP contribution in [0.25, 0.3) is 0 Å². The van der Waals surface area contributed by atoms with E-state index in [0.29, 0.717) is 0 Å². The molecule has 1 aromatic carbocycles. The number of hydrogen-bond donors (Lipinski definition) is 1. The predicted octanol–water partition coefficient (Wildman–Crippen LogP) is 2.11. The smallest absolute Gasteiger partial charge is 0.119 e. The molecule has 4 nitrogen and oxygen atoms in total. The molecule has 2 unspecified atom stereocenters. The van der Waals surface area contributed by atoms with Gasteiger partial charge in [-0.05, 0) is 30.5 Å². The third-order valence-corrected chi connectivity index (χ3v) is 3.40. The molecule has 0 aromatic heterocycles. The monoisotopic (exact) mass is 250 g/mol. The summed E-state index contributed by atoms with van der Waals surface area (Å²) in [5.41, 5.74) is 7.42. The summed E-state index contributed by atoms with van der Waals surface area (Å²) in [7, 11) is 1.68. The van der Waals surface area contributed by atoms with Crippen LogP contribution in [0.5, 0.6) is 5.75 Å². The average molecular weight is 250 g/mol. The number of nitrogens with two attached hydrogens (primary N) is 1. The molecule has 2 rings (SSSR count). The molecular weight excluding hydrogens is 228 g/mol. The Labute approximate surface area is 109 Å². The van der Waals surface area contributed by atoms with Crippen LogP contribution in [0.15, 0.2) is 24.3 Å². The Balaban J connectivity index is 2.26. The van der Waals surface area contributed by atoms with Crippen LogP contribution in [0.2, 0.25) is 0 Å². The fourth-order valence-electron chi connectivity index (χ4n) is 2.36. The minimum atomic E-state index is 0.0650. The van der Waals surface area contributed by atoms with E-state index >= 15 is 0 Å². The fraction of sp³-hybridized carbons (Fsp3) is 0.571. The van der Waals surface area contributed by atoms with Gasteiger partial charge in [0, 0.05) is 12.6 Å². The van der Waals surface area contributed by atoms with E-state index in [1.54, 1.807) is 7.11 Å². The van der Waals surface area contributed by atoms with E-state index < -0.39 is 0 Å². The van der Waals surface area contributed by atoms with Gasteiger partial charge in [-0.2, -0.15) is 5.06 Å². The van der Waals surface area contributed by atoms with E-state index in [1.165, 1.54) is 0 Å². The Bertz CT molecular complexity index is 378. The van der Waals surface area contributed by atoms with Gasteiger partial charge in [-0.1, -0.05) is 19.1 Å². The van der Waals surface area contributed by atoms with Crippen LogP contribution in [-0.2, 0) is 4.84 Å². The molecule has 100 valence electrons. The Hall–Kier alpha value is -1.10. The lowest BCUT2D eigenvalue weighted by atomic mass is 9.97. The molecule has 0 radical (unpaired) electrons. The van der Waals surface area contributed by atoms with E-state index in [2.05, 4.69) is 13.0 Å². The Morgan fingerprint density at radius 1 is 1.50 bits per heavy atom.